The minimum atomic E-state index is -3.09. The number of pyridine rings is 1. The van der Waals surface area contributed by atoms with Gasteiger partial charge in [-0.05, 0) is 29.5 Å². The van der Waals surface area contributed by atoms with Crippen molar-refractivity contribution in [3.05, 3.63) is 71.8 Å². The van der Waals surface area contributed by atoms with Crippen LogP contribution in [0.1, 0.15) is 16.7 Å². The van der Waals surface area contributed by atoms with Gasteiger partial charge in [0.05, 0.1) is 17.1 Å². The zero-order valence-electron chi connectivity index (χ0n) is 22.4. The van der Waals surface area contributed by atoms with Crippen LogP contribution in [0.15, 0.2) is 55.1 Å². The predicted molar refractivity (Wildman–Crippen MR) is 158 cm³/mol. The first-order valence-electron chi connectivity index (χ1n) is 13.7. The smallest absolute Gasteiger partial charge is 0.246 e. The molecule has 3 aliphatic rings. The van der Waals surface area contributed by atoms with Crippen LogP contribution in [0.25, 0.3) is 10.8 Å². The van der Waals surface area contributed by atoms with Crippen LogP contribution in [0.2, 0.25) is 0 Å². The maximum Gasteiger partial charge on any atom is 0.246 e. The molecule has 0 atom stereocenters. The summed E-state index contributed by atoms with van der Waals surface area (Å²) in [5.74, 6) is 1.44. The van der Waals surface area contributed by atoms with Crippen molar-refractivity contribution in [1.29, 1.82) is 5.26 Å². The second-order valence-corrected chi connectivity index (χ2v) is 12.8. The number of sulfone groups is 1. The summed E-state index contributed by atoms with van der Waals surface area (Å²) in [6.45, 7) is 8.00. The third kappa shape index (κ3) is 4.75. The van der Waals surface area contributed by atoms with Gasteiger partial charge in [0.15, 0.2) is 9.84 Å². The zero-order valence-corrected chi connectivity index (χ0v) is 23.2. The van der Waals surface area contributed by atoms with E-state index >= 15 is 0 Å². The molecule has 0 saturated carbocycles. The van der Waals surface area contributed by atoms with E-state index in [1.54, 1.807) is 4.90 Å². The Morgan fingerprint density at radius 3 is 2.30 bits per heavy atom. The van der Waals surface area contributed by atoms with Gasteiger partial charge in [-0.3, -0.25) is 4.79 Å². The Hall–Kier alpha value is -4.10. The normalized spacial score (nSPS) is 18.8. The van der Waals surface area contributed by atoms with Crippen molar-refractivity contribution in [3.63, 3.8) is 0 Å². The van der Waals surface area contributed by atoms with E-state index in [0.29, 0.717) is 57.2 Å². The second kappa shape index (κ2) is 10.5. The average Bonchev–Trinajstić information content (AvgIpc) is 2.99. The summed E-state index contributed by atoms with van der Waals surface area (Å²) in [5, 5.41) is 12.8. The molecule has 40 heavy (non-hydrogen) atoms. The van der Waals surface area contributed by atoms with Gasteiger partial charge in [0.25, 0.3) is 0 Å². The highest BCUT2D eigenvalue weighted by molar-refractivity contribution is 7.91. The fourth-order valence-electron chi connectivity index (χ4n) is 6.09. The number of benzene rings is 2. The maximum absolute atomic E-state index is 12.2. The molecule has 0 radical (unpaired) electrons. The molecule has 0 spiro atoms. The number of nitrogens with zero attached hydrogens (tertiary/aromatic N) is 6. The third-order valence-electron chi connectivity index (χ3n) is 8.28. The Morgan fingerprint density at radius 2 is 1.57 bits per heavy atom. The molecule has 1 amide bonds. The van der Waals surface area contributed by atoms with Crippen LogP contribution in [0.5, 0.6) is 0 Å². The van der Waals surface area contributed by atoms with Crippen molar-refractivity contribution in [2.24, 2.45) is 0 Å². The maximum atomic E-state index is 12.2. The van der Waals surface area contributed by atoms with Crippen molar-refractivity contribution < 1.29 is 13.2 Å². The lowest BCUT2D eigenvalue weighted by Crippen LogP contribution is -2.49. The summed E-state index contributed by atoms with van der Waals surface area (Å²) in [4.78, 5) is 25.6. The molecular formula is C30H32N6O3S. The fourth-order valence-corrected chi connectivity index (χ4v) is 7.29. The Balaban J connectivity index is 1.42. The van der Waals surface area contributed by atoms with Gasteiger partial charge >= 0.3 is 0 Å². The van der Waals surface area contributed by atoms with Gasteiger partial charge in [0.1, 0.15) is 17.7 Å². The number of rotatable bonds is 4. The van der Waals surface area contributed by atoms with Crippen LogP contribution < -0.4 is 14.7 Å². The van der Waals surface area contributed by atoms with Gasteiger partial charge in [-0.25, -0.2) is 13.4 Å². The Bertz CT molecular complexity index is 1620. The van der Waals surface area contributed by atoms with Crippen molar-refractivity contribution in [3.8, 4) is 6.07 Å². The Morgan fingerprint density at radius 1 is 0.875 bits per heavy atom. The minimum absolute atomic E-state index is 0.0520. The predicted octanol–water partition coefficient (Wildman–Crippen LogP) is 2.74. The van der Waals surface area contributed by atoms with Crippen molar-refractivity contribution in [1.82, 2.24) is 9.88 Å². The van der Waals surface area contributed by atoms with E-state index in [1.807, 2.05) is 17.0 Å². The lowest BCUT2D eigenvalue weighted by atomic mass is 9.94. The molecule has 0 unspecified atom stereocenters. The number of fused-ring (bicyclic) bond motifs is 2. The Labute approximate surface area is 234 Å². The first kappa shape index (κ1) is 26.1. The fraction of sp³-hybridized carbons (Fsp3) is 0.367. The van der Waals surface area contributed by atoms with Crippen molar-refractivity contribution >= 4 is 43.8 Å². The van der Waals surface area contributed by atoms with Gasteiger partial charge in [0, 0.05) is 69.0 Å². The highest BCUT2D eigenvalue weighted by Crippen LogP contribution is 2.38. The SMILES string of the molecule is C=CC(=O)N1CCN(c2nc(N3CCS(=O)(=O)CC3)c(C#N)c3c2CCN(c2cccc4ccccc24)C3)CC1. The molecule has 0 N–H and O–H groups in total. The number of anilines is 3. The highest BCUT2D eigenvalue weighted by Gasteiger charge is 2.33. The lowest BCUT2D eigenvalue weighted by Gasteiger charge is -2.40. The number of nitriles is 1. The number of carbonyl (C=O) groups is 1. The molecule has 206 valence electrons. The van der Waals surface area contributed by atoms with Gasteiger partial charge in [-0.1, -0.05) is 43.0 Å². The largest absolute Gasteiger partial charge is 0.366 e. The molecule has 10 heteroatoms. The number of aromatic nitrogens is 1. The van der Waals surface area contributed by atoms with E-state index < -0.39 is 9.84 Å². The van der Waals surface area contributed by atoms with Crippen LogP contribution in [0.4, 0.5) is 17.3 Å². The summed E-state index contributed by atoms with van der Waals surface area (Å²) in [7, 11) is -3.09. The average molecular weight is 557 g/mol. The van der Waals surface area contributed by atoms with Crippen LogP contribution in [-0.4, -0.2) is 81.5 Å². The standard InChI is InChI=1S/C30H32N6O3S/c1-2-28(37)33-12-14-34(15-13-33)29-24-10-11-36(27-9-5-7-22-6-3-4-8-23(22)27)21-26(24)25(20-31)30(32-29)35-16-18-40(38,39)19-17-35/h2-9H,1,10-19,21H2. The van der Waals surface area contributed by atoms with E-state index in [4.69, 9.17) is 4.98 Å². The number of piperazine rings is 1. The molecule has 9 nitrogen and oxygen atoms in total. The van der Waals surface area contributed by atoms with E-state index in [-0.39, 0.29) is 17.4 Å². The third-order valence-corrected chi connectivity index (χ3v) is 9.89. The molecule has 4 heterocycles. The zero-order chi connectivity index (χ0) is 27.9. The van der Waals surface area contributed by atoms with Crippen LogP contribution >= 0.6 is 0 Å². The summed E-state index contributed by atoms with van der Waals surface area (Å²) >= 11 is 0. The first-order valence-corrected chi connectivity index (χ1v) is 15.5. The minimum Gasteiger partial charge on any atom is -0.366 e. The molecular weight excluding hydrogens is 524 g/mol. The number of carbonyl (C=O) groups excluding carboxylic acids is 1. The molecule has 1 aromatic heterocycles. The van der Waals surface area contributed by atoms with Gasteiger partial charge in [-0.2, -0.15) is 5.26 Å². The van der Waals surface area contributed by atoms with Crippen molar-refractivity contribution in [2.75, 3.05) is 72.0 Å². The highest BCUT2D eigenvalue weighted by atomic mass is 32.2. The Kier molecular flexibility index (Phi) is 6.84. The van der Waals surface area contributed by atoms with Gasteiger partial charge in [-0.15, -0.1) is 0 Å². The molecule has 2 aromatic carbocycles. The summed E-state index contributed by atoms with van der Waals surface area (Å²) in [6.07, 6.45) is 2.08. The quantitative estimate of drug-likeness (QED) is 0.453. The monoisotopic (exact) mass is 556 g/mol. The van der Waals surface area contributed by atoms with E-state index in [2.05, 4.69) is 52.8 Å². The van der Waals surface area contributed by atoms with E-state index in [0.717, 1.165) is 35.6 Å². The number of amides is 1. The van der Waals surface area contributed by atoms with Crippen molar-refractivity contribution in [2.45, 2.75) is 13.0 Å². The molecule has 2 fully saturated rings. The molecule has 6 rings (SSSR count). The first-order chi connectivity index (χ1) is 19.4. The van der Waals surface area contributed by atoms with Crippen LogP contribution in [-0.2, 0) is 27.6 Å². The molecule has 3 aromatic rings. The summed E-state index contributed by atoms with van der Waals surface area (Å²) in [5.41, 5.74) is 3.70. The molecule has 3 aliphatic heterocycles. The summed E-state index contributed by atoms with van der Waals surface area (Å²) in [6, 6.07) is 17.1. The van der Waals surface area contributed by atoms with Gasteiger partial charge in [0.2, 0.25) is 5.91 Å². The van der Waals surface area contributed by atoms with E-state index in [1.165, 1.54) is 16.8 Å². The van der Waals surface area contributed by atoms with E-state index in [9.17, 15) is 18.5 Å². The van der Waals surface area contributed by atoms with Crippen LogP contribution in [0.3, 0.4) is 0 Å². The molecule has 0 bridgehead atoms. The molecule has 2 saturated heterocycles. The topological polar surface area (TPSA) is 101 Å². The summed E-state index contributed by atoms with van der Waals surface area (Å²) < 4.78 is 24.4. The van der Waals surface area contributed by atoms with Crippen LogP contribution in [0, 0.1) is 11.3 Å². The van der Waals surface area contributed by atoms with Gasteiger partial charge < -0.3 is 19.6 Å². The lowest BCUT2D eigenvalue weighted by molar-refractivity contribution is -0.126. The molecule has 0 aliphatic carbocycles. The number of hydrogen-bond acceptors (Lipinski definition) is 8. The number of hydrogen-bond donors (Lipinski definition) is 0. The second-order valence-electron chi connectivity index (χ2n) is 10.5.